The Morgan fingerprint density at radius 2 is 2.15 bits per heavy atom. The van der Waals surface area contributed by atoms with Crippen LogP contribution in [-0.4, -0.2) is 49.7 Å². The van der Waals surface area contributed by atoms with Crippen molar-refractivity contribution in [1.29, 1.82) is 0 Å². The Hall–Kier alpha value is -0.610. The first-order valence-corrected chi connectivity index (χ1v) is 8.33. The van der Waals surface area contributed by atoms with Crippen molar-refractivity contribution < 1.29 is 9.53 Å². The topological polar surface area (TPSA) is 41.6 Å². The van der Waals surface area contributed by atoms with Crippen molar-refractivity contribution in [2.24, 2.45) is 5.92 Å². The lowest BCUT2D eigenvalue weighted by Gasteiger charge is -2.21. The Morgan fingerprint density at radius 1 is 1.35 bits per heavy atom. The Bertz CT molecular complexity index is 271. The molecule has 4 nitrogen and oxygen atoms in total. The molecule has 0 amide bonds. The summed E-state index contributed by atoms with van der Waals surface area (Å²) in [6, 6.07) is -0.139. The van der Waals surface area contributed by atoms with Crippen molar-refractivity contribution in [3.8, 4) is 0 Å². The molecular weight excluding hydrogens is 252 g/mol. The van der Waals surface area contributed by atoms with E-state index in [2.05, 4.69) is 24.1 Å². The van der Waals surface area contributed by atoms with Crippen LogP contribution in [0.4, 0.5) is 0 Å². The van der Waals surface area contributed by atoms with Gasteiger partial charge < -0.3 is 15.0 Å². The van der Waals surface area contributed by atoms with E-state index in [1.165, 1.54) is 32.4 Å². The molecule has 1 N–H and O–H groups in total. The SMILES string of the molecule is CCCNC(CCN1CCC(CCC)C1)C(=O)OCC. The van der Waals surface area contributed by atoms with Gasteiger partial charge in [-0.25, -0.2) is 0 Å². The number of esters is 1. The molecule has 4 heteroatoms. The van der Waals surface area contributed by atoms with Gasteiger partial charge in [-0.3, -0.25) is 4.79 Å². The van der Waals surface area contributed by atoms with Crippen LogP contribution in [0.3, 0.4) is 0 Å². The maximum absolute atomic E-state index is 11.9. The van der Waals surface area contributed by atoms with Gasteiger partial charge in [-0.1, -0.05) is 20.3 Å². The molecule has 20 heavy (non-hydrogen) atoms. The second kappa shape index (κ2) is 10.2. The molecule has 1 fully saturated rings. The summed E-state index contributed by atoms with van der Waals surface area (Å²) in [4.78, 5) is 14.4. The van der Waals surface area contributed by atoms with Crippen LogP contribution >= 0.6 is 0 Å². The number of carbonyl (C=O) groups is 1. The molecule has 2 unspecified atom stereocenters. The van der Waals surface area contributed by atoms with Crippen LogP contribution in [-0.2, 0) is 9.53 Å². The summed E-state index contributed by atoms with van der Waals surface area (Å²) in [6.07, 6.45) is 5.84. The van der Waals surface area contributed by atoms with Gasteiger partial charge in [0, 0.05) is 13.1 Å². The molecule has 0 aromatic rings. The predicted molar refractivity (Wildman–Crippen MR) is 82.8 cm³/mol. The lowest BCUT2D eigenvalue weighted by atomic mass is 10.0. The number of likely N-dealkylation sites (tertiary alicyclic amines) is 1. The number of hydrogen-bond donors (Lipinski definition) is 1. The number of nitrogens with one attached hydrogen (secondary N) is 1. The van der Waals surface area contributed by atoms with Crippen molar-refractivity contribution in [1.82, 2.24) is 10.2 Å². The van der Waals surface area contributed by atoms with Crippen LogP contribution in [0.2, 0.25) is 0 Å². The second-order valence-electron chi connectivity index (χ2n) is 5.79. The summed E-state index contributed by atoms with van der Waals surface area (Å²) in [5, 5.41) is 3.31. The Labute approximate surface area is 124 Å². The molecule has 0 spiro atoms. The van der Waals surface area contributed by atoms with Gasteiger partial charge in [-0.05, 0) is 51.6 Å². The monoisotopic (exact) mass is 284 g/mol. The van der Waals surface area contributed by atoms with Gasteiger partial charge in [-0.2, -0.15) is 0 Å². The van der Waals surface area contributed by atoms with Gasteiger partial charge >= 0.3 is 5.97 Å². The third kappa shape index (κ3) is 6.23. The van der Waals surface area contributed by atoms with Crippen LogP contribution in [0.15, 0.2) is 0 Å². The largest absolute Gasteiger partial charge is 0.465 e. The van der Waals surface area contributed by atoms with Crippen molar-refractivity contribution in [3.05, 3.63) is 0 Å². The summed E-state index contributed by atoms with van der Waals surface area (Å²) in [6.45, 7) is 11.0. The lowest BCUT2D eigenvalue weighted by molar-refractivity contribution is -0.145. The summed E-state index contributed by atoms with van der Waals surface area (Å²) in [5.74, 6) is 0.773. The molecular formula is C16H32N2O2. The van der Waals surface area contributed by atoms with Crippen LogP contribution in [0, 0.1) is 5.92 Å². The summed E-state index contributed by atoms with van der Waals surface area (Å²) < 4.78 is 5.16. The number of rotatable bonds is 10. The van der Waals surface area contributed by atoms with E-state index >= 15 is 0 Å². The third-order valence-electron chi connectivity index (χ3n) is 4.01. The average molecular weight is 284 g/mol. The first kappa shape index (κ1) is 17.4. The van der Waals surface area contributed by atoms with Gasteiger partial charge in [0.1, 0.15) is 6.04 Å². The fourth-order valence-electron chi connectivity index (χ4n) is 2.94. The second-order valence-corrected chi connectivity index (χ2v) is 5.79. The van der Waals surface area contributed by atoms with Crippen LogP contribution in [0.5, 0.6) is 0 Å². The molecule has 0 aliphatic carbocycles. The average Bonchev–Trinajstić information content (AvgIpc) is 2.87. The van der Waals surface area contributed by atoms with Gasteiger partial charge in [0.15, 0.2) is 0 Å². The van der Waals surface area contributed by atoms with Crippen LogP contribution in [0.1, 0.15) is 52.9 Å². The van der Waals surface area contributed by atoms with E-state index in [0.717, 1.165) is 31.8 Å². The highest BCUT2D eigenvalue weighted by atomic mass is 16.5. The van der Waals surface area contributed by atoms with E-state index in [0.29, 0.717) is 6.61 Å². The quantitative estimate of drug-likeness (QED) is 0.626. The molecule has 1 aliphatic rings. The van der Waals surface area contributed by atoms with Crippen molar-refractivity contribution >= 4 is 5.97 Å². The van der Waals surface area contributed by atoms with E-state index in [9.17, 15) is 4.79 Å². The van der Waals surface area contributed by atoms with Gasteiger partial charge in [0.25, 0.3) is 0 Å². The molecule has 1 aliphatic heterocycles. The Kier molecular flexibility index (Phi) is 8.86. The lowest BCUT2D eigenvalue weighted by Crippen LogP contribution is -2.41. The molecule has 1 heterocycles. The van der Waals surface area contributed by atoms with Crippen LogP contribution < -0.4 is 5.32 Å². The van der Waals surface area contributed by atoms with E-state index in [-0.39, 0.29) is 12.0 Å². The normalized spacial score (nSPS) is 21.1. The smallest absolute Gasteiger partial charge is 0.323 e. The zero-order valence-electron chi connectivity index (χ0n) is 13.5. The highest BCUT2D eigenvalue weighted by molar-refractivity contribution is 5.75. The number of ether oxygens (including phenoxy) is 1. The van der Waals surface area contributed by atoms with E-state index in [1.54, 1.807) is 0 Å². The molecule has 1 rings (SSSR count). The molecule has 1 saturated heterocycles. The maximum atomic E-state index is 11.9. The van der Waals surface area contributed by atoms with Crippen molar-refractivity contribution in [3.63, 3.8) is 0 Å². The Balaban J connectivity index is 2.32. The number of nitrogens with zero attached hydrogens (tertiary/aromatic N) is 1. The summed E-state index contributed by atoms with van der Waals surface area (Å²) >= 11 is 0. The molecule has 2 atom stereocenters. The summed E-state index contributed by atoms with van der Waals surface area (Å²) in [7, 11) is 0. The molecule has 0 bridgehead atoms. The first-order valence-electron chi connectivity index (χ1n) is 8.33. The highest BCUT2D eigenvalue weighted by Gasteiger charge is 2.24. The Morgan fingerprint density at radius 3 is 2.80 bits per heavy atom. The first-order chi connectivity index (χ1) is 9.71. The van der Waals surface area contributed by atoms with Crippen molar-refractivity contribution in [2.75, 3.05) is 32.8 Å². The van der Waals surface area contributed by atoms with E-state index < -0.39 is 0 Å². The molecule has 0 saturated carbocycles. The summed E-state index contributed by atoms with van der Waals surface area (Å²) in [5.41, 5.74) is 0. The minimum atomic E-state index is -0.139. The predicted octanol–water partition coefficient (Wildman–Crippen LogP) is 2.43. The van der Waals surface area contributed by atoms with E-state index in [4.69, 9.17) is 4.74 Å². The van der Waals surface area contributed by atoms with Gasteiger partial charge in [-0.15, -0.1) is 0 Å². The molecule has 0 radical (unpaired) electrons. The minimum Gasteiger partial charge on any atom is -0.465 e. The zero-order chi connectivity index (χ0) is 14.8. The van der Waals surface area contributed by atoms with E-state index in [1.807, 2.05) is 6.92 Å². The standard InChI is InChI=1S/C16H32N2O2/c1-4-7-14-8-11-18(13-14)12-9-15(17-10-5-2)16(19)20-6-3/h14-15,17H,4-13H2,1-3H3. The fourth-order valence-corrected chi connectivity index (χ4v) is 2.94. The maximum Gasteiger partial charge on any atom is 0.323 e. The highest BCUT2D eigenvalue weighted by Crippen LogP contribution is 2.21. The molecule has 118 valence electrons. The fraction of sp³-hybridized carbons (Fsp3) is 0.938. The van der Waals surface area contributed by atoms with Gasteiger partial charge in [0.2, 0.25) is 0 Å². The zero-order valence-corrected chi connectivity index (χ0v) is 13.5. The van der Waals surface area contributed by atoms with Crippen LogP contribution in [0.25, 0.3) is 0 Å². The molecule has 0 aromatic carbocycles. The van der Waals surface area contributed by atoms with Crippen molar-refractivity contribution in [2.45, 2.75) is 58.9 Å². The number of hydrogen-bond acceptors (Lipinski definition) is 4. The molecule has 0 aromatic heterocycles. The number of carbonyl (C=O) groups excluding carboxylic acids is 1. The van der Waals surface area contributed by atoms with Gasteiger partial charge in [0.05, 0.1) is 6.61 Å². The minimum absolute atomic E-state index is 0.0924. The third-order valence-corrected chi connectivity index (χ3v) is 4.01.